The van der Waals surface area contributed by atoms with E-state index in [2.05, 4.69) is 22.4 Å². The molecule has 2 rings (SSSR count). The number of hydrogen-bond donors (Lipinski definition) is 2. The molecular weight excluding hydrogens is 314 g/mol. The van der Waals surface area contributed by atoms with Crippen LogP contribution in [0.15, 0.2) is 60.4 Å². The Morgan fingerprint density at radius 3 is 2.78 bits per heavy atom. The predicted molar refractivity (Wildman–Crippen MR) is 94.0 cm³/mol. The fourth-order valence-electron chi connectivity index (χ4n) is 1.83. The molecule has 2 N–H and O–H groups in total. The number of non-ortho nitro benzene ring substituents is 1. The summed E-state index contributed by atoms with van der Waals surface area (Å²) in [5.74, 6) is 0. The molecule has 2 aromatic rings. The summed E-state index contributed by atoms with van der Waals surface area (Å²) in [4.78, 5) is 10.3. The number of aromatic nitrogens is 1. The Hall–Kier alpha value is -3.00. The van der Waals surface area contributed by atoms with Gasteiger partial charge in [-0.2, -0.15) is 5.10 Å². The molecule has 0 saturated carbocycles. The van der Waals surface area contributed by atoms with Gasteiger partial charge in [-0.05, 0) is 36.5 Å². The van der Waals surface area contributed by atoms with Gasteiger partial charge in [0.15, 0.2) is 5.11 Å². The van der Waals surface area contributed by atoms with E-state index in [1.165, 1.54) is 12.1 Å². The highest BCUT2D eigenvalue weighted by Gasteiger charge is 2.06. The van der Waals surface area contributed by atoms with Crippen molar-refractivity contribution in [2.45, 2.75) is 0 Å². The van der Waals surface area contributed by atoms with Crippen LogP contribution in [0, 0.1) is 10.1 Å². The quantitative estimate of drug-likeness (QED) is 0.279. The van der Waals surface area contributed by atoms with Gasteiger partial charge in [0.1, 0.15) is 0 Å². The zero-order chi connectivity index (χ0) is 16.7. The minimum atomic E-state index is -0.428. The smallest absolute Gasteiger partial charge is 0.269 e. The van der Waals surface area contributed by atoms with Gasteiger partial charge >= 0.3 is 0 Å². The number of benzene rings is 1. The zero-order valence-corrected chi connectivity index (χ0v) is 13.0. The lowest BCUT2D eigenvalue weighted by atomic mass is 10.3. The van der Waals surface area contributed by atoms with Crippen LogP contribution in [-0.2, 0) is 0 Å². The maximum absolute atomic E-state index is 10.7. The molecule has 0 fully saturated rings. The molecule has 0 spiro atoms. The van der Waals surface area contributed by atoms with Crippen LogP contribution in [0.25, 0.3) is 5.69 Å². The summed E-state index contributed by atoms with van der Waals surface area (Å²) in [5.41, 5.74) is 4.35. The molecule has 0 bridgehead atoms. The van der Waals surface area contributed by atoms with E-state index in [-0.39, 0.29) is 5.69 Å². The third-order valence-electron chi connectivity index (χ3n) is 2.89. The average Bonchev–Trinajstić information content (AvgIpc) is 3.01. The summed E-state index contributed by atoms with van der Waals surface area (Å²) in [6, 6.07) is 10.0. The van der Waals surface area contributed by atoms with Crippen LogP contribution in [-0.4, -0.2) is 27.4 Å². The summed E-state index contributed by atoms with van der Waals surface area (Å²) in [5, 5.41) is 18.0. The van der Waals surface area contributed by atoms with Gasteiger partial charge in [-0.1, -0.05) is 6.08 Å². The lowest BCUT2D eigenvalue weighted by molar-refractivity contribution is -0.384. The van der Waals surface area contributed by atoms with Gasteiger partial charge in [0.2, 0.25) is 0 Å². The van der Waals surface area contributed by atoms with E-state index in [1.54, 1.807) is 24.4 Å². The minimum Gasteiger partial charge on any atom is -0.358 e. The van der Waals surface area contributed by atoms with Crippen molar-refractivity contribution >= 4 is 29.2 Å². The number of hydrogen-bond acceptors (Lipinski definition) is 4. The van der Waals surface area contributed by atoms with Crippen molar-refractivity contribution in [2.75, 3.05) is 6.54 Å². The van der Waals surface area contributed by atoms with Crippen LogP contribution in [0.3, 0.4) is 0 Å². The summed E-state index contributed by atoms with van der Waals surface area (Å²) in [6.07, 6.45) is 5.15. The van der Waals surface area contributed by atoms with Crippen LogP contribution >= 0.6 is 12.2 Å². The van der Waals surface area contributed by atoms with E-state index in [0.717, 1.165) is 11.4 Å². The van der Waals surface area contributed by atoms with Crippen molar-refractivity contribution in [3.8, 4) is 5.69 Å². The van der Waals surface area contributed by atoms with Crippen LogP contribution < -0.4 is 10.7 Å². The van der Waals surface area contributed by atoms with Crippen molar-refractivity contribution in [1.82, 2.24) is 15.3 Å². The van der Waals surface area contributed by atoms with Gasteiger partial charge in [0.25, 0.3) is 5.69 Å². The molecular formula is C15H15N5O2S. The number of hydrazone groups is 1. The van der Waals surface area contributed by atoms with Crippen molar-refractivity contribution < 1.29 is 4.92 Å². The molecule has 7 nitrogen and oxygen atoms in total. The maximum atomic E-state index is 10.7. The SMILES string of the molecule is C=CCNC(=S)N/N=C\c1cccn1-c1ccc([N+](=O)[O-])cc1. The third kappa shape index (κ3) is 4.48. The van der Waals surface area contributed by atoms with Crippen molar-refractivity contribution in [1.29, 1.82) is 0 Å². The highest BCUT2D eigenvalue weighted by molar-refractivity contribution is 7.80. The third-order valence-corrected chi connectivity index (χ3v) is 3.12. The standard InChI is InChI=1S/C15H15N5O2S/c1-2-9-16-15(23)18-17-11-14-4-3-10-19(14)12-5-7-13(8-6-12)20(21)22/h2-8,10-11H,1,9H2,(H2,16,18,23)/b17-11-. The van der Waals surface area contributed by atoms with Gasteiger partial charge in [-0.25, -0.2) is 0 Å². The number of nitrogens with zero attached hydrogens (tertiary/aromatic N) is 3. The molecule has 0 atom stereocenters. The average molecular weight is 329 g/mol. The van der Waals surface area contributed by atoms with Crippen molar-refractivity contribution in [3.05, 3.63) is 71.1 Å². The minimum absolute atomic E-state index is 0.0523. The molecule has 0 aliphatic rings. The van der Waals surface area contributed by atoms with Gasteiger partial charge in [0.05, 0.1) is 16.8 Å². The fraction of sp³-hybridized carbons (Fsp3) is 0.0667. The Morgan fingerprint density at radius 2 is 2.13 bits per heavy atom. The molecule has 118 valence electrons. The van der Waals surface area contributed by atoms with Crippen LogP contribution in [0.2, 0.25) is 0 Å². The summed E-state index contributed by atoms with van der Waals surface area (Å²) >= 11 is 5.02. The predicted octanol–water partition coefficient (Wildman–Crippen LogP) is 2.37. The normalized spacial score (nSPS) is 10.4. The Balaban J connectivity index is 2.08. The number of thiocarbonyl (C=S) groups is 1. The Labute approximate surface area is 138 Å². The second-order valence-corrected chi connectivity index (χ2v) is 4.85. The molecule has 0 amide bonds. The molecule has 0 aliphatic heterocycles. The van der Waals surface area contributed by atoms with Gasteiger partial charge in [0, 0.05) is 30.6 Å². The number of nitro groups is 1. The number of nitro benzene ring substituents is 1. The van der Waals surface area contributed by atoms with Crippen LogP contribution in [0.4, 0.5) is 5.69 Å². The van der Waals surface area contributed by atoms with E-state index in [0.29, 0.717) is 11.7 Å². The highest BCUT2D eigenvalue weighted by atomic mass is 32.1. The topological polar surface area (TPSA) is 84.5 Å². The van der Waals surface area contributed by atoms with Crippen LogP contribution in [0.1, 0.15) is 5.69 Å². The number of rotatable bonds is 6. The van der Waals surface area contributed by atoms with E-state index in [1.807, 2.05) is 22.9 Å². The lowest BCUT2D eigenvalue weighted by Crippen LogP contribution is -2.31. The first-order valence-corrected chi connectivity index (χ1v) is 7.12. The summed E-state index contributed by atoms with van der Waals surface area (Å²) < 4.78 is 1.86. The Morgan fingerprint density at radius 1 is 1.39 bits per heavy atom. The van der Waals surface area contributed by atoms with Gasteiger partial charge in [-0.3, -0.25) is 15.5 Å². The van der Waals surface area contributed by atoms with Crippen molar-refractivity contribution in [2.24, 2.45) is 5.10 Å². The van der Waals surface area contributed by atoms with Gasteiger partial charge < -0.3 is 9.88 Å². The lowest BCUT2D eigenvalue weighted by Gasteiger charge is -2.06. The van der Waals surface area contributed by atoms with E-state index in [4.69, 9.17) is 12.2 Å². The number of nitrogens with one attached hydrogen (secondary N) is 2. The molecule has 0 unspecified atom stereocenters. The Bertz CT molecular complexity index is 737. The maximum Gasteiger partial charge on any atom is 0.269 e. The zero-order valence-electron chi connectivity index (χ0n) is 12.2. The first-order chi connectivity index (χ1) is 11.1. The first-order valence-electron chi connectivity index (χ1n) is 6.72. The van der Waals surface area contributed by atoms with E-state index < -0.39 is 4.92 Å². The van der Waals surface area contributed by atoms with Crippen molar-refractivity contribution in [3.63, 3.8) is 0 Å². The molecule has 0 aliphatic carbocycles. The van der Waals surface area contributed by atoms with E-state index in [9.17, 15) is 10.1 Å². The Kier molecular flexibility index (Phi) is 5.59. The molecule has 8 heteroatoms. The van der Waals surface area contributed by atoms with Crippen LogP contribution in [0.5, 0.6) is 0 Å². The molecule has 1 aromatic carbocycles. The monoisotopic (exact) mass is 329 g/mol. The first kappa shape index (κ1) is 16.4. The molecule has 23 heavy (non-hydrogen) atoms. The summed E-state index contributed by atoms with van der Waals surface area (Å²) in [7, 11) is 0. The fourth-order valence-corrected chi connectivity index (χ4v) is 1.97. The molecule has 0 saturated heterocycles. The molecule has 1 aromatic heterocycles. The second kappa shape index (κ2) is 7.85. The van der Waals surface area contributed by atoms with Gasteiger partial charge in [-0.15, -0.1) is 6.58 Å². The van der Waals surface area contributed by atoms with E-state index >= 15 is 0 Å². The second-order valence-electron chi connectivity index (χ2n) is 4.45. The largest absolute Gasteiger partial charge is 0.358 e. The highest BCUT2D eigenvalue weighted by Crippen LogP contribution is 2.16. The molecule has 0 radical (unpaired) electrons. The summed E-state index contributed by atoms with van der Waals surface area (Å²) in [6.45, 7) is 4.14. The molecule has 1 heterocycles.